The molecule has 1 amide bonds. The van der Waals surface area contributed by atoms with Gasteiger partial charge >= 0.3 is 0 Å². The Morgan fingerprint density at radius 2 is 1.89 bits per heavy atom. The molecule has 1 aliphatic heterocycles. The first kappa shape index (κ1) is 18.4. The summed E-state index contributed by atoms with van der Waals surface area (Å²) in [5.74, 6) is -1.61. The van der Waals surface area contributed by atoms with Gasteiger partial charge in [0, 0.05) is 21.7 Å². The Bertz CT molecular complexity index is 1050. The fraction of sp³-hybridized carbons (Fsp3) is 0.0952. The van der Waals surface area contributed by atoms with E-state index in [9.17, 15) is 14.7 Å². The number of halogens is 1. The Balaban J connectivity index is 1.85. The van der Waals surface area contributed by atoms with Gasteiger partial charge in [-0.2, -0.15) is 0 Å². The molecule has 7 heteroatoms. The number of hydrogen-bond acceptors (Lipinski definition) is 5. The maximum atomic E-state index is 12.9. The van der Waals surface area contributed by atoms with Crippen LogP contribution in [0.5, 0.6) is 0 Å². The molecule has 4 rings (SSSR count). The van der Waals surface area contributed by atoms with Crippen LogP contribution in [0.3, 0.4) is 0 Å². The van der Waals surface area contributed by atoms with E-state index in [0.29, 0.717) is 16.3 Å². The van der Waals surface area contributed by atoms with Gasteiger partial charge in [0.25, 0.3) is 11.7 Å². The maximum Gasteiger partial charge on any atom is 0.296 e. The van der Waals surface area contributed by atoms with E-state index in [1.807, 2.05) is 17.5 Å². The smallest absolute Gasteiger partial charge is 0.296 e. The molecule has 3 aromatic rings. The second kappa shape index (κ2) is 7.58. The molecule has 1 N–H and O–H groups in total. The van der Waals surface area contributed by atoms with E-state index in [0.717, 1.165) is 4.88 Å². The van der Waals surface area contributed by atoms with Crippen molar-refractivity contribution >= 4 is 40.4 Å². The minimum Gasteiger partial charge on any atom is -0.507 e. The van der Waals surface area contributed by atoms with E-state index in [1.165, 1.54) is 16.2 Å². The van der Waals surface area contributed by atoms with Crippen molar-refractivity contribution < 1.29 is 14.7 Å². The molecular weight excluding hydrogens is 396 g/mol. The van der Waals surface area contributed by atoms with Gasteiger partial charge in [-0.05, 0) is 47.8 Å². The topological polar surface area (TPSA) is 70.5 Å². The number of pyridine rings is 1. The van der Waals surface area contributed by atoms with Crippen LogP contribution >= 0.6 is 22.9 Å². The van der Waals surface area contributed by atoms with Crippen LogP contribution in [0.1, 0.15) is 22.2 Å². The lowest BCUT2D eigenvalue weighted by molar-refractivity contribution is -0.140. The van der Waals surface area contributed by atoms with Gasteiger partial charge in [-0.15, -0.1) is 11.3 Å². The van der Waals surface area contributed by atoms with E-state index in [4.69, 9.17) is 11.6 Å². The number of aliphatic hydroxyl groups is 1. The van der Waals surface area contributed by atoms with Gasteiger partial charge in [0.2, 0.25) is 0 Å². The van der Waals surface area contributed by atoms with Gasteiger partial charge in [0.15, 0.2) is 0 Å². The van der Waals surface area contributed by atoms with Crippen LogP contribution in [0.25, 0.3) is 5.76 Å². The zero-order chi connectivity index (χ0) is 19.7. The monoisotopic (exact) mass is 410 g/mol. The standard InChI is InChI=1S/C21H15ClN2O3S/c22-14-8-6-13(7-9-14)19(25)17-18(16-5-1-2-10-23-16)24(21(27)20(17)26)12-15-4-3-11-28-15/h1-11,18,25H,12H2/b19-17-. The first-order valence-electron chi connectivity index (χ1n) is 8.54. The van der Waals surface area contributed by atoms with E-state index in [-0.39, 0.29) is 17.9 Å². The van der Waals surface area contributed by atoms with Crippen molar-refractivity contribution in [3.63, 3.8) is 0 Å². The Labute approximate surface area is 170 Å². The van der Waals surface area contributed by atoms with Crippen molar-refractivity contribution in [1.82, 2.24) is 9.88 Å². The number of benzene rings is 1. The number of rotatable bonds is 4. The number of likely N-dealkylation sites (tertiary alicyclic amines) is 1. The zero-order valence-electron chi connectivity index (χ0n) is 14.6. The summed E-state index contributed by atoms with van der Waals surface area (Å²) < 4.78 is 0. The number of ketones is 1. The normalized spacial score (nSPS) is 18.6. The molecule has 5 nitrogen and oxygen atoms in total. The van der Waals surface area contributed by atoms with Gasteiger partial charge in [-0.25, -0.2) is 0 Å². The fourth-order valence-corrected chi connectivity index (χ4v) is 4.05. The number of thiophene rings is 1. The summed E-state index contributed by atoms with van der Waals surface area (Å²) in [6, 6.07) is 14.8. The molecule has 1 aromatic carbocycles. The van der Waals surface area contributed by atoms with Gasteiger partial charge < -0.3 is 10.0 Å². The molecule has 28 heavy (non-hydrogen) atoms. The first-order valence-corrected chi connectivity index (χ1v) is 9.79. The second-order valence-electron chi connectivity index (χ2n) is 6.27. The lowest BCUT2D eigenvalue weighted by Gasteiger charge is -2.24. The van der Waals surface area contributed by atoms with Crippen molar-refractivity contribution in [3.05, 3.63) is 92.9 Å². The molecule has 2 aromatic heterocycles. The lowest BCUT2D eigenvalue weighted by atomic mass is 9.98. The van der Waals surface area contributed by atoms with Gasteiger partial charge in [0.05, 0.1) is 17.8 Å². The van der Waals surface area contributed by atoms with Crippen molar-refractivity contribution in [3.8, 4) is 0 Å². The van der Waals surface area contributed by atoms with E-state index in [2.05, 4.69) is 4.98 Å². The summed E-state index contributed by atoms with van der Waals surface area (Å²) >= 11 is 7.42. The van der Waals surface area contributed by atoms with Crippen LogP contribution in [0.2, 0.25) is 5.02 Å². The number of aliphatic hydroxyl groups excluding tert-OH is 1. The van der Waals surface area contributed by atoms with Crippen molar-refractivity contribution in [1.29, 1.82) is 0 Å². The SMILES string of the molecule is O=C1C(=O)N(Cc2cccs2)C(c2ccccn2)/C1=C(/O)c1ccc(Cl)cc1. The molecule has 0 radical (unpaired) electrons. The largest absolute Gasteiger partial charge is 0.507 e. The first-order chi connectivity index (χ1) is 13.6. The van der Waals surface area contributed by atoms with Crippen molar-refractivity contribution in [2.24, 2.45) is 0 Å². The zero-order valence-corrected chi connectivity index (χ0v) is 16.2. The molecule has 1 unspecified atom stereocenters. The maximum absolute atomic E-state index is 12.9. The van der Waals surface area contributed by atoms with Crippen molar-refractivity contribution in [2.75, 3.05) is 0 Å². The predicted molar refractivity (Wildman–Crippen MR) is 108 cm³/mol. The summed E-state index contributed by atoms with van der Waals surface area (Å²) in [5, 5.41) is 13.3. The average Bonchev–Trinajstić information content (AvgIpc) is 3.31. The van der Waals surface area contributed by atoms with Crippen LogP contribution in [-0.2, 0) is 16.1 Å². The second-order valence-corrected chi connectivity index (χ2v) is 7.74. The van der Waals surface area contributed by atoms with Crippen LogP contribution in [0.15, 0.2) is 71.7 Å². The number of hydrogen-bond donors (Lipinski definition) is 1. The third-order valence-corrected chi connectivity index (χ3v) is 5.64. The molecule has 3 heterocycles. The van der Waals surface area contributed by atoms with Crippen LogP contribution in [-0.4, -0.2) is 26.7 Å². The highest BCUT2D eigenvalue weighted by Crippen LogP contribution is 2.39. The summed E-state index contributed by atoms with van der Waals surface area (Å²) in [7, 11) is 0. The summed E-state index contributed by atoms with van der Waals surface area (Å²) in [5.41, 5.74) is 0.968. The molecule has 140 valence electrons. The van der Waals surface area contributed by atoms with Crippen LogP contribution in [0.4, 0.5) is 0 Å². The minimum atomic E-state index is -0.765. The number of nitrogens with zero attached hydrogens (tertiary/aromatic N) is 2. The summed E-state index contributed by atoms with van der Waals surface area (Å²) in [4.78, 5) is 32.4. The number of aromatic nitrogens is 1. The Morgan fingerprint density at radius 3 is 2.54 bits per heavy atom. The minimum absolute atomic E-state index is 0.0302. The van der Waals surface area contributed by atoms with Gasteiger partial charge in [-0.1, -0.05) is 23.7 Å². The number of Topliss-reactive ketones (excluding diaryl/α,β-unsaturated/α-hetero) is 1. The summed E-state index contributed by atoms with van der Waals surface area (Å²) in [6.07, 6.45) is 1.60. The Morgan fingerprint density at radius 1 is 1.11 bits per heavy atom. The highest BCUT2D eigenvalue weighted by Gasteiger charge is 2.46. The van der Waals surface area contributed by atoms with E-state index in [1.54, 1.807) is 48.7 Å². The fourth-order valence-electron chi connectivity index (χ4n) is 3.22. The summed E-state index contributed by atoms with van der Waals surface area (Å²) in [6.45, 7) is 0.265. The Kier molecular flexibility index (Phi) is 4.98. The van der Waals surface area contributed by atoms with Gasteiger partial charge in [-0.3, -0.25) is 14.6 Å². The van der Waals surface area contributed by atoms with Crippen molar-refractivity contribution in [2.45, 2.75) is 12.6 Å². The molecule has 1 aliphatic rings. The molecule has 0 aliphatic carbocycles. The van der Waals surface area contributed by atoms with E-state index >= 15 is 0 Å². The number of amides is 1. The number of carbonyl (C=O) groups is 2. The average molecular weight is 411 g/mol. The Hall–Kier alpha value is -2.96. The quantitative estimate of drug-likeness (QED) is 0.392. The number of carbonyl (C=O) groups excluding carboxylic acids is 2. The highest BCUT2D eigenvalue weighted by atomic mass is 35.5. The highest BCUT2D eigenvalue weighted by molar-refractivity contribution is 7.09. The van der Waals surface area contributed by atoms with Crippen LogP contribution < -0.4 is 0 Å². The third-order valence-electron chi connectivity index (χ3n) is 4.53. The molecular formula is C21H15ClN2O3S. The molecule has 0 bridgehead atoms. The molecule has 1 fully saturated rings. The predicted octanol–water partition coefficient (Wildman–Crippen LogP) is 4.42. The van der Waals surface area contributed by atoms with Gasteiger partial charge in [0.1, 0.15) is 11.8 Å². The lowest BCUT2D eigenvalue weighted by Crippen LogP contribution is -2.29. The third kappa shape index (κ3) is 3.32. The van der Waals surface area contributed by atoms with Crippen LogP contribution in [0, 0.1) is 0 Å². The van der Waals surface area contributed by atoms with E-state index < -0.39 is 17.7 Å². The molecule has 1 saturated heterocycles. The molecule has 0 spiro atoms. The molecule has 0 saturated carbocycles. The molecule has 1 atom stereocenters.